The molecule has 1 unspecified atom stereocenters. The molecule has 8 heteroatoms. The fraction of sp³-hybridized carbons (Fsp3) is 0.385. The molecular weight excluding hydrogens is 307 g/mol. The fourth-order valence-electron chi connectivity index (χ4n) is 1.92. The quantitative estimate of drug-likeness (QED) is 0.907. The average molecular weight is 320 g/mol. The molecule has 0 fully saturated rings. The molecule has 0 heterocycles. The Morgan fingerprint density at radius 3 is 2.52 bits per heavy atom. The lowest BCUT2D eigenvalue weighted by Gasteiger charge is -2.32. The van der Waals surface area contributed by atoms with Crippen LogP contribution in [0.1, 0.15) is 18.9 Å². The van der Waals surface area contributed by atoms with Gasteiger partial charge in [0.1, 0.15) is 18.7 Å². The second-order valence-corrected chi connectivity index (χ2v) is 4.75. The van der Waals surface area contributed by atoms with Crippen LogP contribution in [0.25, 0.3) is 0 Å². The normalized spacial score (nSPS) is 12.6. The van der Waals surface area contributed by atoms with Gasteiger partial charge in [-0.2, -0.15) is 18.4 Å². The fourth-order valence-corrected chi connectivity index (χ4v) is 2.14. The maximum atomic E-state index is 12.7. The van der Waals surface area contributed by atoms with E-state index in [0.717, 1.165) is 4.90 Å². The summed E-state index contributed by atoms with van der Waals surface area (Å²) < 4.78 is 38.2. The van der Waals surface area contributed by atoms with Crippen LogP contribution in [0, 0.1) is 11.3 Å². The summed E-state index contributed by atoms with van der Waals surface area (Å²) in [4.78, 5) is 12.2. The third-order valence-electron chi connectivity index (χ3n) is 2.85. The zero-order valence-electron chi connectivity index (χ0n) is 11.1. The van der Waals surface area contributed by atoms with E-state index in [4.69, 9.17) is 22.6 Å². The van der Waals surface area contributed by atoms with Crippen LogP contribution in [0.2, 0.25) is 5.02 Å². The van der Waals surface area contributed by atoms with Gasteiger partial charge < -0.3 is 10.6 Å². The van der Waals surface area contributed by atoms with Crippen LogP contribution >= 0.6 is 11.6 Å². The summed E-state index contributed by atoms with van der Waals surface area (Å²) in [6, 6.07) is 4.52. The van der Waals surface area contributed by atoms with Gasteiger partial charge in [-0.25, -0.2) is 0 Å². The number of nitrogens with zero attached hydrogens (tertiary/aromatic N) is 2. The number of hydrogen-bond donors (Lipinski definition) is 1. The summed E-state index contributed by atoms with van der Waals surface area (Å²) in [6.07, 6.45) is -4.40. The molecule has 0 bridgehead atoms. The standard InChI is InChI=1S/C13H13ClF3N3O/c1-2-11(12(19)21)20(7-13(15,16)17)9-4-3-8(6-18)10(14)5-9/h3-5,11H,2,7H2,1H3,(H2,19,21). The molecular formula is C13H13ClF3N3O. The number of nitrogens with two attached hydrogens (primary N) is 1. The molecule has 0 saturated heterocycles. The van der Waals surface area contributed by atoms with Crippen LogP contribution in [-0.2, 0) is 4.79 Å². The Hall–Kier alpha value is -1.94. The van der Waals surface area contributed by atoms with Crippen LogP contribution in [0.3, 0.4) is 0 Å². The molecule has 2 N–H and O–H groups in total. The van der Waals surface area contributed by atoms with Gasteiger partial charge in [0.05, 0.1) is 10.6 Å². The highest BCUT2D eigenvalue weighted by Crippen LogP contribution is 2.28. The van der Waals surface area contributed by atoms with Crippen LogP contribution in [0.4, 0.5) is 18.9 Å². The van der Waals surface area contributed by atoms with Crippen molar-refractivity contribution in [3.63, 3.8) is 0 Å². The number of anilines is 1. The van der Waals surface area contributed by atoms with E-state index in [0.29, 0.717) is 0 Å². The summed E-state index contributed by atoms with van der Waals surface area (Å²) in [7, 11) is 0. The predicted octanol–water partition coefficient (Wildman–Crippen LogP) is 2.84. The highest BCUT2D eigenvalue weighted by Gasteiger charge is 2.35. The molecule has 1 aromatic rings. The van der Waals surface area contributed by atoms with Crippen molar-refractivity contribution >= 4 is 23.2 Å². The first-order valence-electron chi connectivity index (χ1n) is 6.02. The van der Waals surface area contributed by atoms with Crippen molar-refractivity contribution in [2.45, 2.75) is 25.6 Å². The topological polar surface area (TPSA) is 70.1 Å². The van der Waals surface area contributed by atoms with E-state index < -0.39 is 24.7 Å². The van der Waals surface area contributed by atoms with Gasteiger partial charge in [-0.05, 0) is 24.6 Å². The van der Waals surface area contributed by atoms with Gasteiger partial charge in [0.15, 0.2) is 0 Å². The van der Waals surface area contributed by atoms with Crippen molar-refractivity contribution in [2.75, 3.05) is 11.4 Å². The second-order valence-electron chi connectivity index (χ2n) is 4.35. The van der Waals surface area contributed by atoms with Gasteiger partial charge in [-0.15, -0.1) is 0 Å². The van der Waals surface area contributed by atoms with Gasteiger partial charge in [0.25, 0.3) is 0 Å². The third-order valence-corrected chi connectivity index (χ3v) is 3.16. The molecule has 114 valence electrons. The number of rotatable bonds is 5. The van der Waals surface area contributed by atoms with Crippen molar-refractivity contribution in [3.05, 3.63) is 28.8 Å². The predicted molar refractivity (Wildman–Crippen MR) is 72.8 cm³/mol. The molecule has 1 atom stereocenters. The Bertz CT molecular complexity index is 569. The molecule has 0 aliphatic heterocycles. The van der Waals surface area contributed by atoms with Crippen LogP contribution < -0.4 is 10.6 Å². The number of carbonyl (C=O) groups excluding carboxylic acids is 1. The number of hydrogen-bond acceptors (Lipinski definition) is 3. The van der Waals surface area contributed by atoms with E-state index in [-0.39, 0.29) is 22.7 Å². The number of alkyl halides is 3. The molecule has 1 amide bonds. The maximum absolute atomic E-state index is 12.7. The highest BCUT2D eigenvalue weighted by molar-refractivity contribution is 6.32. The monoisotopic (exact) mass is 319 g/mol. The summed E-state index contributed by atoms with van der Waals surface area (Å²) in [5.41, 5.74) is 5.39. The lowest BCUT2D eigenvalue weighted by molar-refractivity contribution is -0.125. The molecule has 0 spiro atoms. The second kappa shape index (κ2) is 6.68. The number of amides is 1. The van der Waals surface area contributed by atoms with Crippen molar-refractivity contribution in [3.8, 4) is 6.07 Å². The van der Waals surface area contributed by atoms with Gasteiger partial charge in [-0.1, -0.05) is 18.5 Å². The van der Waals surface area contributed by atoms with E-state index in [2.05, 4.69) is 0 Å². The number of primary amides is 1. The molecule has 1 rings (SSSR count). The lowest BCUT2D eigenvalue weighted by atomic mass is 10.1. The smallest absolute Gasteiger partial charge is 0.368 e. The Kier molecular flexibility index (Phi) is 5.44. The Labute approximate surface area is 124 Å². The number of benzene rings is 1. The van der Waals surface area contributed by atoms with E-state index in [9.17, 15) is 18.0 Å². The minimum absolute atomic E-state index is 0.0153. The molecule has 0 aliphatic carbocycles. The minimum atomic E-state index is -4.51. The molecule has 0 radical (unpaired) electrons. The minimum Gasteiger partial charge on any atom is -0.368 e. The van der Waals surface area contributed by atoms with E-state index in [1.54, 1.807) is 6.92 Å². The van der Waals surface area contributed by atoms with E-state index in [1.165, 1.54) is 18.2 Å². The Balaban J connectivity index is 3.26. The van der Waals surface area contributed by atoms with Gasteiger partial charge in [0.2, 0.25) is 5.91 Å². The zero-order valence-corrected chi connectivity index (χ0v) is 11.9. The lowest BCUT2D eigenvalue weighted by Crippen LogP contribution is -2.48. The van der Waals surface area contributed by atoms with Crippen LogP contribution in [-0.4, -0.2) is 24.7 Å². The zero-order chi connectivity index (χ0) is 16.2. The average Bonchev–Trinajstić information content (AvgIpc) is 2.36. The van der Waals surface area contributed by atoms with E-state index >= 15 is 0 Å². The third kappa shape index (κ3) is 4.53. The van der Waals surface area contributed by atoms with Gasteiger partial charge in [-0.3, -0.25) is 4.79 Å². The molecule has 0 aromatic heterocycles. The first-order valence-corrected chi connectivity index (χ1v) is 6.39. The van der Waals surface area contributed by atoms with Crippen molar-refractivity contribution < 1.29 is 18.0 Å². The first-order chi connectivity index (χ1) is 9.69. The molecule has 4 nitrogen and oxygen atoms in total. The number of nitriles is 1. The molecule has 1 aromatic carbocycles. The van der Waals surface area contributed by atoms with Gasteiger partial charge in [0, 0.05) is 5.69 Å². The summed E-state index contributed by atoms with van der Waals surface area (Å²) >= 11 is 5.83. The number of halogens is 4. The largest absolute Gasteiger partial charge is 0.405 e. The molecule has 21 heavy (non-hydrogen) atoms. The van der Waals surface area contributed by atoms with Crippen molar-refractivity contribution in [1.29, 1.82) is 5.26 Å². The number of carbonyl (C=O) groups is 1. The Morgan fingerprint density at radius 2 is 2.14 bits per heavy atom. The van der Waals surface area contributed by atoms with Crippen LogP contribution in [0.5, 0.6) is 0 Å². The van der Waals surface area contributed by atoms with Gasteiger partial charge >= 0.3 is 6.18 Å². The molecule has 0 aliphatic rings. The summed E-state index contributed by atoms with van der Waals surface area (Å²) in [5, 5.41) is 8.79. The maximum Gasteiger partial charge on any atom is 0.405 e. The highest BCUT2D eigenvalue weighted by atomic mass is 35.5. The molecule has 0 saturated carbocycles. The summed E-state index contributed by atoms with van der Waals surface area (Å²) in [6.45, 7) is 0.223. The van der Waals surface area contributed by atoms with Crippen LogP contribution in [0.15, 0.2) is 18.2 Å². The van der Waals surface area contributed by atoms with Crippen molar-refractivity contribution in [2.24, 2.45) is 5.73 Å². The Morgan fingerprint density at radius 1 is 1.52 bits per heavy atom. The van der Waals surface area contributed by atoms with Crippen molar-refractivity contribution in [1.82, 2.24) is 0 Å². The SMILES string of the molecule is CCC(C(N)=O)N(CC(F)(F)F)c1ccc(C#N)c(Cl)c1. The summed E-state index contributed by atoms with van der Waals surface area (Å²) in [5.74, 6) is -0.859. The first kappa shape index (κ1) is 17.1. The van der Waals surface area contributed by atoms with E-state index in [1.807, 2.05) is 6.07 Å².